The van der Waals surface area contributed by atoms with Crippen molar-refractivity contribution >= 4 is 19.6 Å². The van der Waals surface area contributed by atoms with Crippen LogP contribution in [0.2, 0.25) is 0 Å². The Bertz CT molecular complexity index is 143. The van der Waals surface area contributed by atoms with Crippen molar-refractivity contribution in [3.8, 4) is 0 Å². The fraction of sp³-hybridized carbons (Fsp3) is 0.333. The maximum absolute atomic E-state index is 10.3. The number of carbonyl (C=O) groups excluding carboxylic acids is 1. The number of hydrogen-bond acceptors (Lipinski definition) is 2. The van der Waals surface area contributed by atoms with Gasteiger partial charge in [0.05, 0.1) is 0 Å². The van der Waals surface area contributed by atoms with Gasteiger partial charge in [-0.25, -0.2) is 4.79 Å². The van der Waals surface area contributed by atoms with Gasteiger partial charge in [0.1, 0.15) is 6.67 Å². The SMILES string of the molecule is [B]C1=NCNC(=O)N1. The van der Waals surface area contributed by atoms with Crippen LogP contribution in [0.4, 0.5) is 4.79 Å². The fourth-order valence-electron chi connectivity index (χ4n) is 0.397. The van der Waals surface area contributed by atoms with Crippen LogP contribution < -0.4 is 10.6 Å². The molecule has 4 nitrogen and oxygen atoms in total. The zero-order chi connectivity index (χ0) is 5.98. The van der Waals surface area contributed by atoms with Crippen molar-refractivity contribution in [2.45, 2.75) is 0 Å². The number of aliphatic imine (C=N–C) groups is 1. The predicted octanol–water partition coefficient (Wildman–Crippen LogP) is -1.22. The van der Waals surface area contributed by atoms with Gasteiger partial charge < -0.3 is 10.6 Å². The van der Waals surface area contributed by atoms with Gasteiger partial charge in [0.25, 0.3) is 0 Å². The number of nitrogens with one attached hydrogen (secondary N) is 2. The molecule has 1 rings (SSSR count). The smallest absolute Gasteiger partial charge is 0.318 e. The normalized spacial score (nSPS) is 18.5. The Hall–Kier alpha value is -0.995. The Morgan fingerprint density at radius 1 is 1.75 bits per heavy atom. The summed E-state index contributed by atoms with van der Waals surface area (Å²) in [5.74, 6) is 0. The summed E-state index contributed by atoms with van der Waals surface area (Å²) in [7, 11) is 5.10. The largest absolute Gasteiger partial charge is 0.320 e. The highest BCUT2D eigenvalue weighted by molar-refractivity contribution is 6.60. The third-order valence-corrected chi connectivity index (χ3v) is 0.731. The summed E-state index contributed by atoms with van der Waals surface area (Å²) in [5, 5.41) is 4.65. The molecule has 1 aliphatic heterocycles. The molecule has 40 valence electrons. The quantitative estimate of drug-likeness (QED) is 0.376. The lowest BCUT2D eigenvalue weighted by Gasteiger charge is -2.10. The Balaban J connectivity index is 2.57. The first kappa shape index (κ1) is 5.15. The number of urea groups is 1. The van der Waals surface area contributed by atoms with Gasteiger partial charge in [-0.15, -0.1) is 0 Å². The average molecular weight is 109 g/mol. The average Bonchev–Trinajstić information content (AvgIpc) is 1.64. The molecule has 8 heavy (non-hydrogen) atoms. The molecule has 2 radical (unpaired) electrons. The maximum Gasteiger partial charge on any atom is 0.320 e. The van der Waals surface area contributed by atoms with Gasteiger partial charge in [0.2, 0.25) is 0 Å². The predicted molar refractivity (Wildman–Crippen MR) is 29.7 cm³/mol. The zero-order valence-corrected chi connectivity index (χ0v) is 4.14. The summed E-state index contributed by atoms with van der Waals surface area (Å²) in [4.78, 5) is 13.9. The molecule has 0 fully saturated rings. The third kappa shape index (κ3) is 0.990. The Labute approximate surface area is 47.8 Å². The summed E-state index contributed by atoms with van der Waals surface area (Å²) in [6.45, 7) is 0.275. The molecular weight excluding hydrogens is 105 g/mol. The molecule has 2 N–H and O–H groups in total. The van der Waals surface area contributed by atoms with Crippen molar-refractivity contribution in [1.82, 2.24) is 10.6 Å². The van der Waals surface area contributed by atoms with E-state index in [0.29, 0.717) is 0 Å². The second-order valence-electron chi connectivity index (χ2n) is 1.33. The second-order valence-corrected chi connectivity index (χ2v) is 1.33. The van der Waals surface area contributed by atoms with E-state index in [-0.39, 0.29) is 18.4 Å². The molecule has 0 aromatic heterocycles. The zero-order valence-electron chi connectivity index (χ0n) is 4.14. The molecule has 0 saturated heterocycles. The third-order valence-electron chi connectivity index (χ3n) is 0.731. The van der Waals surface area contributed by atoms with Crippen LogP contribution in [0.25, 0.3) is 0 Å². The lowest BCUT2D eigenvalue weighted by atomic mass is 10.1. The van der Waals surface area contributed by atoms with Crippen molar-refractivity contribution in [1.29, 1.82) is 0 Å². The Morgan fingerprint density at radius 2 is 2.50 bits per heavy atom. The van der Waals surface area contributed by atoms with Gasteiger partial charge in [-0.05, 0) is 0 Å². The Morgan fingerprint density at radius 3 is 2.88 bits per heavy atom. The molecule has 0 saturated carbocycles. The molecule has 0 unspecified atom stereocenters. The number of carbonyl (C=O) groups is 1. The van der Waals surface area contributed by atoms with E-state index < -0.39 is 0 Å². The van der Waals surface area contributed by atoms with E-state index in [2.05, 4.69) is 15.6 Å². The summed E-state index contributed by atoms with van der Waals surface area (Å²) in [5.41, 5.74) is 0.175. The molecule has 1 aliphatic rings. The summed E-state index contributed by atoms with van der Waals surface area (Å²) >= 11 is 0. The molecule has 2 amide bonds. The van der Waals surface area contributed by atoms with Crippen LogP contribution in [-0.4, -0.2) is 26.3 Å². The number of amides is 2. The highest BCUT2D eigenvalue weighted by Gasteiger charge is 2.02. The maximum atomic E-state index is 10.3. The van der Waals surface area contributed by atoms with E-state index in [9.17, 15) is 4.79 Å². The van der Waals surface area contributed by atoms with Crippen LogP contribution in [0.1, 0.15) is 0 Å². The first-order chi connectivity index (χ1) is 3.79. The van der Waals surface area contributed by atoms with E-state index in [1.54, 1.807) is 0 Å². The number of nitrogens with zero attached hydrogens (tertiary/aromatic N) is 1. The van der Waals surface area contributed by atoms with Gasteiger partial charge in [-0.1, -0.05) is 0 Å². The number of amidine groups is 1. The van der Waals surface area contributed by atoms with Crippen molar-refractivity contribution < 1.29 is 4.79 Å². The summed E-state index contributed by atoms with van der Waals surface area (Å²) < 4.78 is 0. The van der Waals surface area contributed by atoms with Crippen LogP contribution in [-0.2, 0) is 0 Å². The van der Waals surface area contributed by atoms with Crippen LogP contribution >= 0.6 is 0 Å². The molecule has 0 atom stereocenters. The molecule has 0 aromatic rings. The molecule has 0 aromatic carbocycles. The van der Waals surface area contributed by atoms with Crippen LogP contribution in [0.15, 0.2) is 4.99 Å². The molecule has 0 aliphatic carbocycles. The first-order valence-corrected chi connectivity index (χ1v) is 2.14. The minimum absolute atomic E-state index is 0.175. The van der Waals surface area contributed by atoms with E-state index >= 15 is 0 Å². The van der Waals surface area contributed by atoms with Crippen LogP contribution in [0.3, 0.4) is 0 Å². The van der Waals surface area contributed by atoms with Gasteiger partial charge >= 0.3 is 6.03 Å². The highest BCUT2D eigenvalue weighted by atomic mass is 16.2. The molecule has 1 heterocycles. The number of rotatable bonds is 0. The standard InChI is InChI=1S/C3H4BN3O/c4-2-5-1-6-3(8)7-2/h1H2,(H2,5,6,7,8). The van der Waals surface area contributed by atoms with Gasteiger partial charge in [-0.2, -0.15) is 0 Å². The lowest BCUT2D eigenvalue weighted by Crippen LogP contribution is -2.44. The van der Waals surface area contributed by atoms with E-state index in [1.165, 1.54) is 0 Å². The molecular formula is C3H4BN3O. The molecule has 0 bridgehead atoms. The fourth-order valence-corrected chi connectivity index (χ4v) is 0.397. The van der Waals surface area contributed by atoms with Gasteiger partial charge in [0.15, 0.2) is 7.85 Å². The minimum Gasteiger partial charge on any atom is -0.318 e. The van der Waals surface area contributed by atoms with Gasteiger partial charge in [0, 0.05) is 5.73 Å². The van der Waals surface area contributed by atoms with Crippen molar-refractivity contribution in [3.63, 3.8) is 0 Å². The van der Waals surface area contributed by atoms with E-state index in [4.69, 9.17) is 7.85 Å². The minimum atomic E-state index is -0.294. The van der Waals surface area contributed by atoms with Crippen LogP contribution in [0, 0.1) is 0 Å². The highest BCUT2D eigenvalue weighted by Crippen LogP contribution is 1.75. The number of hydrogen-bond donors (Lipinski definition) is 2. The summed E-state index contributed by atoms with van der Waals surface area (Å²) in [6, 6.07) is -0.294. The Kier molecular flexibility index (Phi) is 1.19. The van der Waals surface area contributed by atoms with Crippen molar-refractivity contribution in [2.75, 3.05) is 6.67 Å². The molecule has 5 heteroatoms. The lowest BCUT2D eigenvalue weighted by molar-refractivity contribution is 0.244. The van der Waals surface area contributed by atoms with E-state index in [1.807, 2.05) is 0 Å². The topological polar surface area (TPSA) is 53.5 Å². The van der Waals surface area contributed by atoms with Crippen LogP contribution in [0.5, 0.6) is 0 Å². The summed E-state index contributed by atoms with van der Waals surface area (Å²) in [6.07, 6.45) is 0. The van der Waals surface area contributed by atoms with Gasteiger partial charge in [-0.3, -0.25) is 4.99 Å². The molecule has 0 spiro atoms. The first-order valence-electron chi connectivity index (χ1n) is 2.14. The van der Waals surface area contributed by atoms with Crippen molar-refractivity contribution in [3.05, 3.63) is 0 Å². The van der Waals surface area contributed by atoms with E-state index in [0.717, 1.165) is 0 Å². The van der Waals surface area contributed by atoms with Crippen molar-refractivity contribution in [2.24, 2.45) is 4.99 Å². The second kappa shape index (κ2) is 1.86. The monoisotopic (exact) mass is 109 g/mol.